The van der Waals surface area contributed by atoms with Gasteiger partial charge in [-0.05, 0) is 46.5 Å². The van der Waals surface area contributed by atoms with E-state index in [-0.39, 0.29) is 12.5 Å². The molecule has 32 heavy (non-hydrogen) atoms. The van der Waals surface area contributed by atoms with Crippen LogP contribution in [-0.2, 0) is 11.2 Å². The van der Waals surface area contributed by atoms with Crippen molar-refractivity contribution in [2.75, 3.05) is 11.9 Å². The number of tetrazole rings is 1. The number of nitrogens with zero attached hydrogens (tertiary/aromatic N) is 3. The van der Waals surface area contributed by atoms with E-state index < -0.39 is 6.10 Å². The second kappa shape index (κ2) is 10.3. The topological polar surface area (TPSA) is 102 Å². The fourth-order valence-corrected chi connectivity index (χ4v) is 3.60. The minimum absolute atomic E-state index is 0.214. The van der Waals surface area contributed by atoms with Crippen LogP contribution in [0.5, 0.6) is 11.5 Å². The SMILES string of the molecule is CCCCCc1ccc(/C=C/C(=O)Nc2cc(Cl)cc3c2OC(c2nnn[nH]2)CO3)cc1. The Kier molecular flexibility index (Phi) is 7.01. The summed E-state index contributed by atoms with van der Waals surface area (Å²) in [5.41, 5.74) is 2.66. The summed E-state index contributed by atoms with van der Waals surface area (Å²) < 4.78 is 11.7. The molecule has 8 nitrogen and oxygen atoms in total. The molecule has 166 valence electrons. The molecule has 2 N–H and O–H groups in total. The summed E-state index contributed by atoms with van der Waals surface area (Å²) in [6.07, 6.45) is 7.42. The number of aromatic amines is 1. The minimum atomic E-state index is -0.527. The van der Waals surface area contributed by atoms with Crippen molar-refractivity contribution in [3.63, 3.8) is 0 Å². The Labute approximate surface area is 191 Å². The lowest BCUT2D eigenvalue weighted by atomic mass is 10.1. The molecule has 0 spiro atoms. The number of halogens is 1. The Morgan fingerprint density at radius 2 is 2.12 bits per heavy atom. The highest BCUT2D eigenvalue weighted by Crippen LogP contribution is 2.43. The molecule has 2 heterocycles. The first-order valence-corrected chi connectivity index (χ1v) is 10.9. The maximum absolute atomic E-state index is 12.6. The molecular formula is C23H24ClN5O3. The van der Waals surface area contributed by atoms with Crippen LogP contribution in [0.4, 0.5) is 5.69 Å². The molecule has 1 aliphatic rings. The van der Waals surface area contributed by atoms with E-state index in [4.69, 9.17) is 21.1 Å². The number of nitrogens with one attached hydrogen (secondary N) is 2. The third kappa shape index (κ3) is 5.45. The molecule has 2 aromatic carbocycles. The van der Waals surface area contributed by atoms with Gasteiger partial charge in [-0.15, -0.1) is 5.10 Å². The molecule has 0 saturated carbocycles. The lowest BCUT2D eigenvalue weighted by Crippen LogP contribution is -2.24. The minimum Gasteiger partial charge on any atom is -0.485 e. The predicted octanol–water partition coefficient (Wildman–Crippen LogP) is 4.75. The van der Waals surface area contributed by atoms with Crippen molar-refractivity contribution in [2.24, 2.45) is 0 Å². The van der Waals surface area contributed by atoms with Gasteiger partial charge >= 0.3 is 0 Å². The average Bonchev–Trinajstić information content (AvgIpc) is 3.33. The van der Waals surface area contributed by atoms with Crippen molar-refractivity contribution < 1.29 is 14.3 Å². The molecule has 1 aliphatic heterocycles. The van der Waals surface area contributed by atoms with E-state index in [0.717, 1.165) is 12.0 Å². The van der Waals surface area contributed by atoms with Gasteiger partial charge in [-0.2, -0.15) is 0 Å². The van der Waals surface area contributed by atoms with Crippen LogP contribution in [0, 0.1) is 0 Å². The Morgan fingerprint density at radius 3 is 2.88 bits per heavy atom. The Hall–Kier alpha value is -3.39. The van der Waals surface area contributed by atoms with E-state index in [1.165, 1.54) is 30.9 Å². The zero-order valence-electron chi connectivity index (χ0n) is 17.7. The van der Waals surface area contributed by atoms with Crippen LogP contribution in [0.25, 0.3) is 6.08 Å². The standard InChI is InChI=1S/C23H24ClN5O3/c1-2-3-4-5-15-6-8-16(9-7-15)10-11-21(30)25-18-12-17(24)13-19-22(18)32-20(14-31-19)23-26-28-29-27-23/h6-13,20H,2-5,14H2,1H3,(H,25,30)(H,26,27,28,29)/b11-10+. The molecule has 1 atom stereocenters. The molecular weight excluding hydrogens is 430 g/mol. The number of aryl methyl sites for hydroxylation is 1. The van der Waals surface area contributed by atoms with E-state index in [0.29, 0.717) is 28.0 Å². The maximum atomic E-state index is 12.6. The van der Waals surface area contributed by atoms with E-state index in [1.807, 2.05) is 12.1 Å². The third-order valence-corrected chi connectivity index (χ3v) is 5.29. The van der Waals surface area contributed by atoms with E-state index in [2.05, 4.69) is 45.0 Å². The fourth-order valence-electron chi connectivity index (χ4n) is 3.39. The van der Waals surface area contributed by atoms with Gasteiger partial charge in [0.2, 0.25) is 5.91 Å². The molecule has 1 aromatic heterocycles. The van der Waals surface area contributed by atoms with Gasteiger partial charge in [0.05, 0.1) is 5.69 Å². The number of benzene rings is 2. The number of H-pyrrole nitrogens is 1. The summed E-state index contributed by atoms with van der Waals surface area (Å²) in [5.74, 6) is 0.939. The third-order valence-electron chi connectivity index (χ3n) is 5.07. The largest absolute Gasteiger partial charge is 0.485 e. The number of fused-ring (bicyclic) bond motifs is 1. The number of unbranched alkanes of at least 4 members (excludes halogenated alkanes) is 2. The first-order valence-electron chi connectivity index (χ1n) is 10.6. The van der Waals surface area contributed by atoms with Gasteiger partial charge in [0.1, 0.15) is 6.61 Å². The average molecular weight is 454 g/mol. The number of hydrogen-bond acceptors (Lipinski definition) is 6. The predicted molar refractivity (Wildman–Crippen MR) is 122 cm³/mol. The summed E-state index contributed by atoms with van der Waals surface area (Å²) in [7, 11) is 0. The molecule has 0 aliphatic carbocycles. The van der Waals surface area contributed by atoms with E-state index in [1.54, 1.807) is 18.2 Å². The molecule has 0 saturated heterocycles. The van der Waals surface area contributed by atoms with Crippen molar-refractivity contribution in [3.05, 3.63) is 64.4 Å². The van der Waals surface area contributed by atoms with Crippen molar-refractivity contribution >= 4 is 29.3 Å². The smallest absolute Gasteiger partial charge is 0.248 e. The zero-order valence-corrected chi connectivity index (χ0v) is 18.4. The van der Waals surface area contributed by atoms with Crippen LogP contribution in [0.3, 0.4) is 0 Å². The van der Waals surface area contributed by atoms with Gasteiger partial charge < -0.3 is 14.8 Å². The number of anilines is 1. The fraction of sp³-hybridized carbons (Fsp3) is 0.304. The summed E-state index contributed by atoms with van der Waals surface area (Å²) in [5, 5.41) is 16.9. The van der Waals surface area contributed by atoms with Crippen LogP contribution in [0.15, 0.2) is 42.5 Å². The van der Waals surface area contributed by atoms with Crippen molar-refractivity contribution in [1.29, 1.82) is 0 Å². The van der Waals surface area contributed by atoms with Gasteiger partial charge in [0, 0.05) is 17.2 Å². The molecule has 0 bridgehead atoms. The van der Waals surface area contributed by atoms with Crippen LogP contribution in [0.2, 0.25) is 5.02 Å². The molecule has 1 amide bonds. The van der Waals surface area contributed by atoms with Gasteiger partial charge in [0.15, 0.2) is 23.4 Å². The molecule has 4 rings (SSSR count). The summed E-state index contributed by atoms with van der Waals surface area (Å²) in [6.45, 7) is 2.41. The van der Waals surface area contributed by atoms with Crippen molar-refractivity contribution in [1.82, 2.24) is 20.6 Å². The summed E-state index contributed by atoms with van der Waals surface area (Å²) in [4.78, 5) is 12.6. The van der Waals surface area contributed by atoms with Crippen LogP contribution >= 0.6 is 11.6 Å². The Bertz CT molecular complexity index is 1080. The highest BCUT2D eigenvalue weighted by molar-refractivity contribution is 6.31. The van der Waals surface area contributed by atoms with Gasteiger partial charge in [-0.3, -0.25) is 4.79 Å². The number of ether oxygens (including phenoxy) is 2. The number of hydrogen-bond donors (Lipinski definition) is 2. The maximum Gasteiger partial charge on any atom is 0.248 e. The lowest BCUT2D eigenvalue weighted by molar-refractivity contribution is -0.111. The second-order valence-electron chi connectivity index (χ2n) is 7.51. The lowest BCUT2D eigenvalue weighted by Gasteiger charge is -2.26. The van der Waals surface area contributed by atoms with E-state index in [9.17, 15) is 4.79 Å². The molecule has 1 unspecified atom stereocenters. The normalized spacial score (nSPS) is 15.1. The number of carbonyl (C=O) groups excluding carboxylic acids is 1. The monoisotopic (exact) mass is 453 g/mol. The Balaban J connectivity index is 1.43. The first-order chi connectivity index (χ1) is 15.6. The van der Waals surface area contributed by atoms with Crippen molar-refractivity contribution in [2.45, 2.75) is 38.7 Å². The van der Waals surface area contributed by atoms with Gasteiger partial charge in [-0.25, -0.2) is 5.10 Å². The molecule has 9 heteroatoms. The molecule has 3 aromatic rings. The molecule has 0 fully saturated rings. The van der Waals surface area contributed by atoms with E-state index >= 15 is 0 Å². The number of rotatable bonds is 8. The van der Waals surface area contributed by atoms with Crippen LogP contribution < -0.4 is 14.8 Å². The van der Waals surface area contributed by atoms with Crippen molar-refractivity contribution in [3.8, 4) is 11.5 Å². The second-order valence-corrected chi connectivity index (χ2v) is 7.94. The van der Waals surface area contributed by atoms with Gasteiger partial charge in [-0.1, -0.05) is 55.6 Å². The number of carbonyl (C=O) groups is 1. The quantitative estimate of drug-likeness (QED) is 0.377. The zero-order chi connectivity index (χ0) is 22.3. The summed E-state index contributed by atoms with van der Waals surface area (Å²) in [6, 6.07) is 11.5. The first kappa shape index (κ1) is 21.8. The Morgan fingerprint density at radius 1 is 1.28 bits per heavy atom. The molecule has 0 radical (unpaired) electrons. The number of amides is 1. The number of aromatic nitrogens is 4. The van der Waals surface area contributed by atoms with Crippen LogP contribution in [0.1, 0.15) is 49.2 Å². The van der Waals surface area contributed by atoms with Crippen LogP contribution in [-0.4, -0.2) is 33.1 Å². The summed E-state index contributed by atoms with van der Waals surface area (Å²) >= 11 is 6.19. The van der Waals surface area contributed by atoms with Gasteiger partial charge in [0.25, 0.3) is 0 Å². The highest BCUT2D eigenvalue weighted by Gasteiger charge is 2.28. The highest BCUT2D eigenvalue weighted by atomic mass is 35.5.